The average Bonchev–Trinajstić information content (AvgIpc) is 3.03. The summed E-state index contributed by atoms with van der Waals surface area (Å²) in [6.45, 7) is 11.8. The summed E-state index contributed by atoms with van der Waals surface area (Å²) in [6, 6.07) is 7.46. The molecule has 1 aromatic heterocycles. The van der Waals surface area contributed by atoms with Gasteiger partial charge in [-0.05, 0) is 50.8 Å². The number of hydrogen-bond donors (Lipinski definition) is 2. The summed E-state index contributed by atoms with van der Waals surface area (Å²) >= 11 is 0. The molecule has 1 aliphatic heterocycles. The van der Waals surface area contributed by atoms with Crippen LogP contribution in [0.15, 0.2) is 37.2 Å². The molecule has 3 rings (SSSR count). The second-order valence-electron chi connectivity index (χ2n) is 11.6. The molecule has 2 aromatic rings. The number of ether oxygens (including phenoxy) is 3. The Labute approximate surface area is 281 Å². The van der Waals surface area contributed by atoms with E-state index in [1.165, 1.54) is 20.4 Å². The molecule has 2 heterocycles. The summed E-state index contributed by atoms with van der Waals surface area (Å²) in [7, 11) is -0.378. The van der Waals surface area contributed by atoms with Gasteiger partial charge in [-0.2, -0.15) is 5.26 Å². The van der Waals surface area contributed by atoms with Gasteiger partial charge in [0.25, 0.3) is 0 Å². The molecule has 0 radical (unpaired) electrons. The van der Waals surface area contributed by atoms with Crippen LogP contribution in [0.3, 0.4) is 0 Å². The molecule has 4 atom stereocenters. The maximum Gasteiger partial charge on any atom is 0.413 e. The predicted octanol–water partition coefficient (Wildman–Crippen LogP) is 4.56. The molecular formula is C32H44N7O8P. The van der Waals surface area contributed by atoms with Gasteiger partial charge < -0.3 is 28.5 Å². The Hall–Kier alpha value is -4.51. The maximum atomic E-state index is 13.4. The minimum atomic E-state index is -3.64. The number of nitriles is 1. The van der Waals surface area contributed by atoms with Crippen molar-refractivity contribution in [2.45, 2.75) is 65.3 Å². The van der Waals surface area contributed by atoms with E-state index in [-0.39, 0.29) is 54.9 Å². The molecule has 48 heavy (non-hydrogen) atoms. The highest BCUT2D eigenvalue weighted by Gasteiger charge is 2.33. The normalized spacial score (nSPS) is 17.8. The van der Waals surface area contributed by atoms with Gasteiger partial charge in [0.05, 0.1) is 17.7 Å². The van der Waals surface area contributed by atoms with Crippen LogP contribution in [-0.2, 0) is 35.0 Å². The number of piperidine rings is 1. The standard InChI is InChI=1S/C32H44N7O8P/c1-8-26-29(34-19-35-30(26)38(6)27-14-16-39(17-22(27)4)28(40)13-15-33)36-32(42)45-18-24-9-11-25(12-10-24)47-48(43,20-44-7)37-23(5)31(41)46-21(2)3/h8-12,19,21-23,27H,1,13-14,16-18,20H2,2-7H3,(H,37,43)(H,34,35,36,42)/t22-,23-,27+,48?/m0/s1. The summed E-state index contributed by atoms with van der Waals surface area (Å²) in [5.41, 5.74) is 1.14. The second kappa shape index (κ2) is 17.6. The third-order valence-electron chi connectivity index (χ3n) is 7.50. The number of rotatable bonds is 15. The largest absolute Gasteiger partial charge is 0.462 e. The number of benzene rings is 1. The van der Waals surface area contributed by atoms with E-state index in [9.17, 15) is 18.9 Å². The summed E-state index contributed by atoms with van der Waals surface area (Å²) in [5, 5.41) is 14.2. The van der Waals surface area contributed by atoms with E-state index in [4.69, 9.17) is 24.0 Å². The smallest absolute Gasteiger partial charge is 0.413 e. The molecular weight excluding hydrogens is 641 g/mol. The zero-order valence-electron chi connectivity index (χ0n) is 28.2. The van der Waals surface area contributed by atoms with E-state index in [1.807, 2.05) is 24.9 Å². The number of nitrogens with zero attached hydrogens (tertiary/aromatic N) is 5. The predicted molar refractivity (Wildman–Crippen MR) is 179 cm³/mol. The Balaban J connectivity index is 1.60. The number of carbonyl (C=O) groups is 3. The van der Waals surface area contributed by atoms with Gasteiger partial charge in [-0.25, -0.2) is 19.8 Å². The van der Waals surface area contributed by atoms with Crippen molar-refractivity contribution in [1.29, 1.82) is 5.26 Å². The lowest BCUT2D eigenvalue weighted by atomic mass is 9.92. The lowest BCUT2D eigenvalue weighted by Gasteiger charge is -2.42. The van der Waals surface area contributed by atoms with E-state index in [0.29, 0.717) is 36.5 Å². The van der Waals surface area contributed by atoms with Crippen molar-refractivity contribution in [1.82, 2.24) is 20.0 Å². The van der Waals surface area contributed by atoms with E-state index < -0.39 is 25.6 Å². The number of carbonyl (C=O) groups excluding carboxylic acids is 3. The van der Waals surface area contributed by atoms with Gasteiger partial charge in [-0.15, -0.1) is 0 Å². The number of esters is 1. The van der Waals surface area contributed by atoms with Crippen molar-refractivity contribution in [2.75, 3.05) is 43.8 Å². The maximum absolute atomic E-state index is 13.4. The molecule has 1 fully saturated rings. The number of nitrogens with one attached hydrogen (secondary N) is 2. The van der Waals surface area contributed by atoms with E-state index >= 15 is 0 Å². The SMILES string of the molecule is C=Cc1c(NC(=O)OCc2ccc(OP(=O)(COC)N[C@@H](C)C(=O)OC(C)C)cc2)ncnc1N(C)[C@@H]1CCN(C(=O)CC#N)C[C@@H]1C. The number of likely N-dealkylation sites (tertiary alicyclic amines) is 1. The topological polar surface area (TPSA) is 185 Å². The number of aromatic nitrogens is 2. The molecule has 0 bridgehead atoms. The summed E-state index contributed by atoms with van der Waals surface area (Å²) < 4.78 is 34.7. The zero-order chi connectivity index (χ0) is 35.4. The van der Waals surface area contributed by atoms with Crippen LogP contribution in [0.2, 0.25) is 0 Å². The number of hydrogen-bond acceptors (Lipinski definition) is 12. The molecule has 2 amide bonds. The van der Waals surface area contributed by atoms with Crippen LogP contribution in [0.25, 0.3) is 6.08 Å². The molecule has 15 nitrogen and oxygen atoms in total. The molecule has 0 saturated carbocycles. The molecule has 1 saturated heterocycles. The molecule has 16 heteroatoms. The minimum Gasteiger partial charge on any atom is -0.462 e. The third kappa shape index (κ3) is 10.5. The van der Waals surface area contributed by atoms with Crippen LogP contribution in [0, 0.1) is 17.2 Å². The number of anilines is 2. The van der Waals surface area contributed by atoms with Gasteiger partial charge in [-0.3, -0.25) is 19.5 Å². The molecule has 2 N–H and O–H groups in total. The lowest BCUT2D eigenvalue weighted by molar-refractivity contribution is -0.149. The van der Waals surface area contributed by atoms with Crippen molar-refractivity contribution in [2.24, 2.45) is 5.92 Å². The van der Waals surface area contributed by atoms with Crippen molar-refractivity contribution in [3.8, 4) is 11.8 Å². The fourth-order valence-corrected chi connectivity index (χ4v) is 6.94. The molecule has 1 unspecified atom stereocenters. The van der Waals surface area contributed by atoms with Crippen LogP contribution in [0.4, 0.5) is 16.4 Å². The van der Waals surface area contributed by atoms with Crippen LogP contribution >= 0.6 is 7.52 Å². The third-order valence-corrected chi connectivity index (χ3v) is 9.39. The van der Waals surface area contributed by atoms with Crippen LogP contribution < -0.4 is 19.8 Å². The fraction of sp³-hybridized carbons (Fsp3) is 0.500. The first kappa shape index (κ1) is 37.9. The minimum absolute atomic E-state index is 0.0421. The molecule has 1 aromatic carbocycles. The summed E-state index contributed by atoms with van der Waals surface area (Å²) in [4.78, 5) is 49.6. The molecule has 0 aliphatic carbocycles. The molecule has 260 valence electrons. The van der Waals surface area contributed by atoms with E-state index in [2.05, 4.69) is 27.0 Å². The Kier molecular flexibility index (Phi) is 13.9. The van der Waals surface area contributed by atoms with Crippen molar-refractivity contribution < 1.29 is 37.7 Å². The molecule has 1 aliphatic rings. The fourth-order valence-electron chi connectivity index (χ4n) is 5.27. The van der Waals surface area contributed by atoms with Crippen LogP contribution in [0.1, 0.15) is 51.7 Å². The van der Waals surface area contributed by atoms with Gasteiger partial charge in [0.2, 0.25) is 5.91 Å². The summed E-state index contributed by atoms with van der Waals surface area (Å²) in [6.07, 6.45) is 2.07. The number of amides is 2. The van der Waals surface area contributed by atoms with Crippen molar-refractivity contribution in [3.05, 3.63) is 48.3 Å². The first-order valence-electron chi connectivity index (χ1n) is 15.4. The van der Waals surface area contributed by atoms with Gasteiger partial charge in [0, 0.05) is 33.3 Å². The summed E-state index contributed by atoms with van der Waals surface area (Å²) in [5.74, 6) is 0.383. The number of methoxy groups -OCH3 is 1. The van der Waals surface area contributed by atoms with E-state index in [0.717, 1.165) is 0 Å². The first-order valence-corrected chi connectivity index (χ1v) is 17.2. The van der Waals surface area contributed by atoms with Crippen LogP contribution in [-0.4, -0.2) is 84.6 Å². The Bertz CT molecular complexity index is 1530. The second-order valence-corrected chi connectivity index (χ2v) is 13.7. The van der Waals surface area contributed by atoms with Gasteiger partial charge >= 0.3 is 19.6 Å². The Morgan fingerprint density at radius 3 is 2.54 bits per heavy atom. The highest BCUT2D eigenvalue weighted by molar-refractivity contribution is 7.57. The van der Waals surface area contributed by atoms with Gasteiger partial charge in [0.15, 0.2) is 0 Å². The van der Waals surface area contributed by atoms with E-state index in [1.54, 1.807) is 49.1 Å². The highest BCUT2D eigenvalue weighted by Crippen LogP contribution is 2.43. The molecule has 0 spiro atoms. The monoisotopic (exact) mass is 685 g/mol. The van der Waals surface area contributed by atoms with Crippen LogP contribution in [0.5, 0.6) is 5.75 Å². The highest BCUT2D eigenvalue weighted by atomic mass is 31.2. The zero-order valence-corrected chi connectivity index (χ0v) is 29.1. The Morgan fingerprint density at radius 2 is 1.94 bits per heavy atom. The lowest BCUT2D eigenvalue weighted by Crippen LogP contribution is -2.51. The quantitative estimate of drug-likeness (QED) is 0.197. The Morgan fingerprint density at radius 1 is 1.23 bits per heavy atom. The first-order chi connectivity index (χ1) is 22.8. The van der Waals surface area contributed by atoms with Crippen molar-refractivity contribution in [3.63, 3.8) is 0 Å². The van der Waals surface area contributed by atoms with Gasteiger partial charge in [0.1, 0.15) is 49.1 Å². The van der Waals surface area contributed by atoms with Gasteiger partial charge in [-0.1, -0.05) is 31.7 Å². The average molecular weight is 686 g/mol. The van der Waals surface area contributed by atoms with Crippen molar-refractivity contribution >= 4 is 43.2 Å².